The van der Waals surface area contributed by atoms with Gasteiger partial charge in [0.05, 0.1) is 6.61 Å². The summed E-state index contributed by atoms with van der Waals surface area (Å²) >= 11 is 3.31. The molecule has 5 heteroatoms. The van der Waals surface area contributed by atoms with Crippen LogP contribution in [-0.2, 0) is 16.0 Å². The molecule has 2 rings (SSSR count). The summed E-state index contributed by atoms with van der Waals surface area (Å²) in [6.45, 7) is 1.85. The van der Waals surface area contributed by atoms with E-state index in [4.69, 9.17) is 4.74 Å². The van der Waals surface area contributed by atoms with Crippen LogP contribution in [0.2, 0.25) is 0 Å². The van der Waals surface area contributed by atoms with Crippen molar-refractivity contribution >= 4 is 21.7 Å². The first kappa shape index (κ1) is 12.7. The number of benzene rings is 1. The number of nitrogens with one attached hydrogen (secondary N) is 1. The summed E-state index contributed by atoms with van der Waals surface area (Å²) in [5.74, 6) is -0.359. The van der Waals surface area contributed by atoms with Crippen molar-refractivity contribution in [2.45, 2.75) is 12.5 Å². The van der Waals surface area contributed by atoms with E-state index in [1.54, 1.807) is 6.07 Å². The zero-order chi connectivity index (χ0) is 12.3. The van der Waals surface area contributed by atoms with E-state index >= 15 is 0 Å². The second-order valence-corrected chi connectivity index (χ2v) is 4.80. The Morgan fingerprint density at radius 1 is 1.59 bits per heavy atom. The number of morpholine rings is 1. The second-order valence-electron chi connectivity index (χ2n) is 3.94. The number of halogens is 2. The summed E-state index contributed by atoms with van der Waals surface area (Å²) in [7, 11) is 0. The van der Waals surface area contributed by atoms with Crippen molar-refractivity contribution in [2.75, 3.05) is 19.7 Å². The highest BCUT2D eigenvalue weighted by atomic mass is 79.9. The number of rotatable bonds is 3. The van der Waals surface area contributed by atoms with Crippen molar-refractivity contribution < 1.29 is 13.9 Å². The van der Waals surface area contributed by atoms with Gasteiger partial charge in [-0.1, -0.05) is 15.9 Å². The zero-order valence-electron chi connectivity index (χ0n) is 9.21. The molecular formula is C12H13BrFNO2. The van der Waals surface area contributed by atoms with Crippen LogP contribution in [0.4, 0.5) is 4.39 Å². The summed E-state index contributed by atoms with van der Waals surface area (Å²) in [6.07, 6.45) is -0.232. The van der Waals surface area contributed by atoms with E-state index in [1.807, 2.05) is 0 Å². The Balaban J connectivity index is 2.04. The number of ketones is 1. The minimum absolute atomic E-state index is 0.0245. The van der Waals surface area contributed by atoms with Gasteiger partial charge in [-0.05, 0) is 23.8 Å². The SMILES string of the molecule is O=C(Cc1cc(F)ccc1Br)C1CNCCO1. The Labute approximate surface area is 107 Å². The molecule has 1 aliphatic rings. The fourth-order valence-corrected chi connectivity index (χ4v) is 2.14. The molecule has 1 N–H and O–H groups in total. The lowest BCUT2D eigenvalue weighted by Crippen LogP contribution is -2.43. The largest absolute Gasteiger partial charge is 0.368 e. The first-order valence-electron chi connectivity index (χ1n) is 5.46. The van der Waals surface area contributed by atoms with Crippen LogP contribution in [0, 0.1) is 5.82 Å². The average Bonchev–Trinajstić information content (AvgIpc) is 2.35. The van der Waals surface area contributed by atoms with E-state index in [2.05, 4.69) is 21.2 Å². The predicted octanol–water partition coefficient (Wildman–Crippen LogP) is 1.69. The van der Waals surface area contributed by atoms with Crippen LogP contribution in [-0.4, -0.2) is 31.6 Å². The molecule has 1 aromatic carbocycles. The van der Waals surface area contributed by atoms with Crippen molar-refractivity contribution in [2.24, 2.45) is 0 Å². The Morgan fingerprint density at radius 3 is 3.12 bits per heavy atom. The predicted molar refractivity (Wildman–Crippen MR) is 65.4 cm³/mol. The second kappa shape index (κ2) is 5.71. The lowest BCUT2D eigenvalue weighted by Gasteiger charge is -2.22. The summed E-state index contributed by atoms with van der Waals surface area (Å²) in [4.78, 5) is 11.9. The molecule has 1 fully saturated rings. The van der Waals surface area contributed by atoms with Gasteiger partial charge < -0.3 is 10.1 Å². The Kier molecular flexibility index (Phi) is 4.25. The molecule has 0 aliphatic carbocycles. The van der Waals surface area contributed by atoms with E-state index in [0.29, 0.717) is 18.7 Å². The Hall–Kier alpha value is -0.780. The van der Waals surface area contributed by atoms with Crippen LogP contribution in [0.25, 0.3) is 0 Å². The summed E-state index contributed by atoms with van der Waals surface area (Å²) in [6, 6.07) is 4.34. The quantitative estimate of drug-likeness (QED) is 0.923. The normalized spacial score (nSPS) is 20.2. The molecule has 1 aliphatic heterocycles. The average molecular weight is 302 g/mol. The highest BCUT2D eigenvalue weighted by Gasteiger charge is 2.22. The molecular weight excluding hydrogens is 289 g/mol. The van der Waals surface area contributed by atoms with Crippen LogP contribution >= 0.6 is 15.9 Å². The molecule has 0 aromatic heterocycles. The van der Waals surface area contributed by atoms with Crippen molar-refractivity contribution in [3.05, 3.63) is 34.1 Å². The molecule has 92 valence electrons. The molecule has 0 radical (unpaired) electrons. The molecule has 0 bridgehead atoms. The van der Waals surface area contributed by atoms with Gasteiger partial charge in [0.15, 0.2) is 5.78 Å². The van der Waals surface area contributed by atoms with E-state index in [0.717, 1.165) is 11.0 Å². The molecule has 1 atom stereocenters. The lowest BCUT2D eigenvalue weighted by atomic mass is 10.0. The van der Waals surface area contributed by atoms with Crippen molar-refractivity contribution in [3.8, 4) is 0 Å². The lowest BCUT2D eigenvalue weighted by molar-refractivity contribution is -0.131. The van der Waals surface area contributed by atoms with Crippen molar-refractivity contribution in [1.82, 2.24) is 5.32 Å². The highest BCUT2D eigenvalue weighted by Crippen LogP contribution is 2.19. The van der Waals surface area contributed by atoms with Gasteiger partial charge in [-0.15, -0.1) is 0 Å². The van der Waals surface area contributed by atoms with Gasteiger partial charge >= 0.3 is 0 Å². The number of ether oxygens (including phenoxy) is 1. The fraction of sp³-hybridized carbons (Fsp3) is 0.417. The smallest absolute Gasteiger partial charge is 0.167 e. The third-order valence-corrected chi connectivity index (χ3v) is 3.43. The Morgan fingerprint density at radius 2 is 2.41 bits per heavy atom. The first-order chi connectivity index (χ1) is 8.16. The van der Waals surface area contributed by atoms with E-state index in [1.165, 1.54) is 12.1 Å². The number of Topliss-reactive ketones (excluding diaryl/α,β-unsaturated/α-hetero) is 1. The van der Waals surface area contributed by atoms with Crippen molar-refractivity contribution in [1.29, 1.82) is 0 Å². The number of hydrogen-bond acceptors (Lipinski definition) is 3. The van der Waals surface area contributed by atoms with Gasteiger partial charge in [0, 0.05) is 24.0 Å². The highest BCUT2D eigenvalue weighted by molar-refractivity contribution is 9.10. The maximum absolute atomic E-state index is 13.1. The summed E-state index contributed by atoms with van der Waals surface area (Å²) in [5, 5.41) is 3.10. The van der Waals surface area contributed by atoms with Crippen LogP contribution in [0.3, 0.4) is 0 Å². The molecule has 0 amide bonds. The first-order valence-corrected chi connectivity index (χ1v) is 6.25. The van der Waals surface area contributed by atoms with Gasteiger partial charge in [-0.3, -0.25) is 4.79 Å². The molecule has 1 unspecified atom stereocenters. The summed E-state index contributed by atoms with van der Waals surface area (Å²) < 4.78 is 19.2. The standard InChI is InChI=1S/C12H13BrFNO2/c13-10-2-1-9(14)5-8(10)6-11(16)12-7-15-3-4-17-12/h1-2,5,12,15H,3-4,6-7H2. The molecule has 0 spiro atoms. The molecule has 1 aromatic rings. The minimum atomic E-state index is -0.418. The van der Waals surface area contributed by atoms with E-state index in [-0.39, 0.29) is 18.0 Å². The molecule has 1 heterocycles. The van der Waals surface area contributed by atoms with E-state index in [9.17, 15) is 9.18 Å². The van der Waals surface area contributed by atoms with Crippen LogP contribution < -0.4 is 5.32 Å². The van der Waals surface area contributed by atoms with Gasteiger partial charge in [-0.2, -0.15) is 0 Å². The fourth-order valence-electron chi connectivity index (χ4n) is 1.75. The van der Waals surface area contributed by atoms with Crippen LogP contribution in [0.5, 0.6) is 0 Å². The van der Waals surface area contributed by atoms with Crippen LogP contribution in [0.15, 0.2) is 22.7 Å². The van der Waals surface area contributed by atoms with Crippen LogP contribution in [0.1, 0.15) is 5.56 Å². The number of hydrogen-bond donors (Lipinski definition) is 1. The topological polar surface area (TPSA) is 38.3 Å². The Bertz CT molecular complexity index is 419. The van der Waals surface area contributed by atoms with Gasteiger partial charge in [-0.25, -0.2) is 4.39 Å². The third kappa shape index (κ3) is 3.34. The number of carbonyl (C=O) groups excluding carboxylic acids is 1. The van der Waals surface area contributed by atoms with Crippen molar-refractivity contribution in [3.63, 3.8) is 0 Å². The third-order valence-electron chi connectivity index (χ3n) is 2.66. The zero-order valence-corrected chi connectivity index (χ0v) is 10.8. The monoisotopic (exact) mass is 301 g/mol. The maximum atomic E-state index is 13.1. The number of carbonyl (C=O) groups is 1. The molecule has 0 saturated carbocycles. The molecule has 1 saturated heterocycles. The van der Waals surface area contributed by atoms with E-state index < -0.39 is 6.10 Å². The van der Waals surface area contributed by atoms with Gasteiger partial charge in [0.1, 0.15) is 11.9 Å². The van der Waals surface area contributed by atoms with Gasteiger partial charge in [0.25, 0.3) is 0 Å². The van der Waals surface area contributed by atoms with Gasteiger partial charge in [0.2, 0.25) is 0 Å². The maximum Gasteiger partial charge on any atom is 0.167 e. The summed E-state index contributed by atoms with van der Waals surface area (Å²) in [5.41, 5.74) is 0.657. The molecule has 3 nitrogen and oxygen atoms in total. The minimum Gasteiger partial charge on any atom is -0.368 e. The molecule has 17 heavy (non-hydrogen) atoms.